The Morgan fingerprint density at radius 3 is 2.11 bits per heavy atom. The summed E-state index contributed by atoms with van der Waals surface area (Å²) in [5.41, 5.74) is 4.94. The molecular weight excluding hydrogens is 323 g/mol. The van der Waals surface area contributed by atoms with Crippen molar-refractivity contribution in [1.82, 2.24) is 0 Å². The standard InChI is InChI=1S/C3H7NO2S.CH4.Au/c4-2(1-7)3(5)6;;/h2,7H,1,4H2,(H,5,6);1H4;. The Labute approximate surface area is 75.9 Å². The molecule has 0 amide bonds. The van der Waals surface area contributed by atoms with Crippen molar-refractivity contribution >= 4 is 18.6 Å². The molecule has 1 radical (unpaired) electrons. The van der Waals surface area contributed by atoms with Gasteiger partial charge < -0.3 is 10.8 Å². The third-order valence-corrected chi connectivity index (χ3v) is 0.907. The van der Waals surface area contributed by atoms with E-state index in [1.165, 1.54) is 0 Å². The van der Waals surface area contributed by atoms with Crippen molar-refractivity contribution in [3.63, 3.8) is 0 Å². The zero-order valence-corrected chi connectivity index (χ0v) is 7.03. The van der Waals surface area contributed by atoms with E-state index in [1.807, 2.05) is 0 Å². The van der Waals surface area contributed by atoms with Crippen molar-refractivity contribution in [2.45, 2.75) is 13.5 Å². The average Bonchev–Trinajstić information content (AvgIpc) is 1.65. The van der Waals surface area contributed by atoms with Crippen LogP contribution >= 0.6 is 12.6 Å². The van der Waals surface area contributed by atoms with Gasteiger partial charge in [-0.25, -0.2) is 0 Å². The van der Waals surface area contributed by atoms with Crippen molar-refractivity contribution in [2.24, 2.45) is 5.73 Å². The van der Waals surface area contributed by atoms with Crippen LogP contribution in [0.5, 0.6) is 0 Å². The van der Waals surface area contributed by atoms with Crippen molar-refractivity contribution < 1.29 is 32.3 Å². The fourth-order valence-corrected chi connectivity index (χ4v) is 0.234. The number of carboxylic acids is 1. The van der Waals surface area contributed by atoms with Gasteiger partial charge in [0.2, 0.25) is 0 Å². The summed E-state index contributed by atoms with van der Waals surface area (Å²) in [7, 11) is 0. The van der Waals surface area contributed by atoms with Gasteiger partial charge in [-0.3, -0.25) is 4.79 Å². The second kappa shape index (κ2) is 8.52. The Bertz CT molecular complexity index is 81.0. The van der Waals surface area contributed by atoms with E-state index in [0.29, 0.717) is 0 Å². The van der Waals surface area contributed by atoms with Crippen LogP contribution in [0, 0.1) is 0 Å². The van der Waals surface area contributed by atoms with Crippen LogP contribution in [-0.4, -0.2) is 22.9 Å². The smallest absolute Gasteiger partial charge is 0.321 e. The molecule has 1 unspecified atom stereocenters. The van der Waals surface area contributed by atoms with Gasteiger partial charge in [-0.2, -0.15) is 12.6 Å². The molecule has 0 aliphatic carbocycles. The molecule has 0 aliphatic heterocycles. The molecule has 0 saturated carbocycles. The summed E-state index contributed by atoms with van der Waals surface area (Å²) in [6.45, 7) is 0. The fourth-order valence-electron chi connectivity index (χ4n) is 0.0781. The normalized spacial score (nSPS) is 10.4. The van der Waals surface area contributed by atoms with Gasteiger partial charge >= 0.3 is 5.97 Å². The van der Waals surface area contributed by atoms with Gasteiger partial charge in [0.1, 0.15) is 6.04 Å². The van der Waals surface area contributed by atoms with E-state index in [2.05, 4.69) is 12.6 Å². The number of carboxylic acid groups (broad SMARTS) is 1. The van der Waals surface area contributed by atoms with E-state index < -0.39 is 12.0 Å². The minimum Gasteiger partial charge on any atom is -0.480 e. The SMILES string of the molecule is C.NC(CS)C(=O)O.[Au]. The molecule has 1 atom stereocenters. The Morgan fingerprint density at radius 2 is 2.11 bits per heavy atom. The molecule has 0 aromatic heterocycles. The summed E-state index contributed by atoms with van der Waals surface area (Å²) in [5.74, 6) is -0.815. The van der Waals surface area contributed by atoms with Crippen molar-refractivity contribution in [3.05, 3.63) is 0 Å². The summed E-state index contributed by atoms with van der Waals surface area (Å²) in [5, 5.41) is 8.01. The second-order valence-electron chi connectivity index (χ2n) is 1.13. The Kier molecular flexibility index (Phi) is 15.4. The van der Waals surface area contributed by atoms with E-state index in [-0.39, 0.29) is 35.6 Å². The van der Waals surface area contributed by atoms with Crippen LogP contribution in [0.1, 0.15) is 7.43 Å². The molecule has 3 nitrogen and oxygen atoms in total. The van der Waals surface area contributed by atoms with Crippen LogP contribution in [0.4, 0.5) is 0 Å². The first kappa shape index (κ1) is 16.3. The number of rotatable bonds is 2. The van der Waals surface area contributed by atoms with Gasteiger partial charge in [0.15, 0.2) is 0 Å². The van der Waals surface area contributed by atoms with Crippen LogP contribution in [0.3, 0.4) is 0 Å². The van der Waals surface area contributed by atoms with E-state index >= 15 is 0 Å². The van der Waals surface area contributed by atoms with Gasteiger partial charge in [0, 0.05) is 28.1 Å². The fraction of sp³-hybridized carbons (Fsp3) is 0.750. The molecule has 0 aromatic carbocycles. The summed E-state index contributed by atoms with van der Waals surface area (Å²) >= 11 is 3.65. The number of hydrogen-bond acceptors (Lipinski definition) is 3. The van der Waals surface area contributed by atoms with Crippen LogP contribution in [0.15, 0.2) is 0 Å². The van der Waals surface area contributed by atoms with E-state index in [9.17, 15) is 4.79 Å². The van der Waals surface area contributed by atoms with Crippen LogP contribution in [0.25, 0.3) is 0 Å². The van der Waals surface area contributed by atoms with Gasteiger partial charge in [-0.1, -0.05) is 7.43 Å². The molecule has 0 spiro atoms. The molecule has 0 saturated heterocycles. The summed E-state index contributed by atoms with van der Waals surface area (Å²) in [4.78, 5) is 9.76. The van der Waals surface area contributed by atoms with Crippen LogP contribution in [0.2, 0.25) is 0 Å². The number of hydrogen-bond donors (Lipinski definition) is 3. The first-order valence-electron chi connectivity index (χ1n) is 1.77. The Balaban J connectivity index is -0.000000180. The minimum absolute atomic E-state index is 0. The van der Waals surface area contributed by atoms with Gasteiger partial charge in [0.25, 0.3) is 0 Å². The number of nitrogens with two attached hydrogens (primary N) is 1. The largest absolute Gasteiger partial charge is 0.480 e. The van der Waals surface area contributed by atoms with Crippen LogP contribution in [-0.2, 0) is 27.2 Å². The molecule has 0 fully saturated rings. The monoisotopic (exact) mass is 334 g/mol. The zero-order valence-electron chi connectivity index (χ0n) is 3.97. The van der Waals surface area contributed by atoms with E-state index in [4.69, 9.17) is 10.8 Å². The predicted molar refractivity (Wildman–Crippen MR) is 36.2 cm³/mol. The van der Waals surface area contributed by atoms with Crippen molar-refractivity contribution in [2.75, 3.05) is 5.75 Å². The topological polar surface area (TPSA) is 63.3 Å². The number of carbonyl (C=O) groups is 1. The quantitative estimate of drug-likeness (QED) is 0.491. The predicted octanol–water partition coefficient (Wildman–Crippen LogP) is -0.0383. The molecule has 0 bridgehead atoms. The molecule has 3 N–H and O–H groups in total. The molecule has 9 heavy (non-hydrogen) atoms. The molecule has 0 rings (SSSR count). The third-order valence-electron chi connectivity index (χ3n) is 0.514. The zero-order chi connectivity index (χ0) is 5.86. The van der Waals surface area contributed by atoms with Crippen molar-refractivity contribution in [3.8, 4) is 0 Å². The summed E-state index contributed by atoms with van der Waals surface area (Å²) in [6, 6.07) is -0.816. The van der Waals surface area contributed by atoms with E-state index in [0.717, 1.165) is 0 Å². The average molecular weight is 334 g/mol. The van der Waals surface area contributed by atoms with Crippen LogP contribution < -0.4 is 5.73 Å². The molecular formula is C4H11AuNO2S. The first-order valence-corrected chi connectivity index (χ1v) is 2.41. The minimum atomic E-state index is -1.00. The van der Waals surface area contributed by atoms with Gasteiger partial charge in [-0.15, -0.1) is 0 Å². The van der Waals surface area contributed by atoms with Gasteiger partial charge in [0.05, 0.1) is 0 Å². The molecule has 0 aliphatic rings. The Hall–Kier alpha value is 0.520. The maximum atomic E-state index is 9.76. The summed E-state index contributed by atoms with van der Waals surface area (Å²) in [6.07, 6.45) is 0. The molecule has 0 heterocycles. The molecule has 0 aromatic rings. The second-order valence-corrected chi connectivity index (χ2v) is 1.49. The molecule has 61 valence electrons. The maximum absolute atomic E-state index is 9.76. The van der Waals surface area contributed by atoms with Gasteiger partial charge in [-0.05, 0) is 0 Å². The van der Waals surface area contributed by atoms with E-state index in [1.54, 1.807) is 0 Å². The third kappa shape index (κ3) is 8.52. The van der Waals surface area contributed by atoms with Crippen molar-refractivity contribution in [1.29, 1.82) is 0 Å². The Morgan fingerprint density at radius 1 is 1.78 bits per heavy atom. The summed E-state index contributed by atoms with van der Waals surface area (Å²) < 4.78 is 0. The maximum Gasteiger partial charge on any atom is 0.321 e. The first-order chi connectivity index (χ1) is 3.18. The molecule has 5 heteroatoms. The number of thiol groups is 1. The number of aliphatic carboxylic acids is 1.